The van der Waals surface area contributed by atoms with Crippen molar-refractivity contribution in [2.75, 3.05) is 40.8 Å². The van der Waals surface area contributed by atoms with Gasteiger partial charge in [0.15, 0.2) is 5.96 Å². The number of methoxy groups -OCH3 is 1. The van der Waals surface area contributed by atoms with E-state index in [1.54, 1.807) is 13.4 Å². The van der Waals surface area contributed by atoms with Crippen LogP contribution in [0.2, 0.25) is 0 Å². The summed E-state index contributed by atoms with van der Waals surface area (Å²) in [5.41, 5.74) is 1.31. The van der Waals surface area contributed by atoms with Crippen LogP contribution in [0.5, 0.6) is 5.75 Å². The summed E-state index contributed by atoms with van der Waals surface area (Å²) in [5.74, 6) is 3.11. The minimum Gasteiger partial charge on any atom is -0.497 e. The van der Waals surface area contributed by atoms with Gasteiger partial charge in [0.2, 0.25) is 0 Å². The normalized spacial score (nSPS) is 13.5. The fourth-order valence-electron chi connectivity index (χ4n) is 3.01. The summed E-state index contributed by atoms with van der Waals surface area (Å²) in [6.07, 6.45) is 2.73. The zero-order valence-corrected chi connectivity index (χ0v) is 20.5. The Hall–Kier alpha value is -1.74. The summed E-state index contributed by atoms with van der Waals surface area (Å²) in [6, 6.07) is 12.3. The van der Waals surface area contributed by atoms with Crippen LogP contribution in [-0.2, 0) is 0 Å². The van der Waals surface area contributed by atoms with E-state index in [-0.39, 0.29) is 30.0 Å². The topological polar surface area (TPSA) is 62.0 Å². The van der Waals surface area contributed by atoms with Crippen molar-refractivity contribution in [3.8, 4) is 5.75 Å². The lowest BCUT2D eigenvalue weighted by molar-refractivity contribution is 0.265. The largest absolute Gasteiger partial charge is 0.497 e. The van der Waals surface area contributed by atoms with Crippen molar-refractivity contribution in [1.82, 2.24) is 15.5 Å². The second-order valence-electron chi connectivity index (χ2n) is 7.10. The van der Waals surface area contributed by atoms with Crippen molar-refractivity contribution in [2.45, 2.75) is 32.2 Å². The summed E-state index contributed by atoms with van der Waals surface area (Å²) in [6.45, 7) is 6.63. The quantitative estimate of drug-likeness (QED) is 0.282. The minimum atomic E-state index is 0. The van der Waals surface area contributed by atoms with Crippen LogP contribution in [-0.4, -0.2) is 51.7 Å². The number of hydrogen-bond donors (Lipinski definition) is 2. The van der Waals surface area contributed by atoms with Crippen molar-refractivity contribution >= 4 is 29.9 Å². The number of furan rings is 1. The highest BCUT2D eigenvalue weighted by Gasteiger charge is 2.16. The number of halogens is 1. The fourth-order valence-corrected chi connectivity index (χ4v) is 3.01. The molecule has 2 unspecified atom stereocenters. The number of ether oxygens (including phenoxy) is 1. The van der Waals surface area contributed by atoms with E-state index >= 15 is 0 Å². The van der Waals surface area contributed by atoms with Gasteiger partial charge >= 0.3 is 0 Å². The summed E-state index contributed by atoms with van der Waals surface area (Å²) < 4.78 is 10.8. The smallest absolute Gasteiger partial charge is 0.191 e. The first kappa shape index (κ1) is 25.3. The van der Waals surface area contributed by atoms with Crippen LogP contribution in [0.25, 0.3) is 0 Å². The van der Waals surface area contributed by atoms with Gasteiger partial charge in [0, 0.05) is 13.1 Å². The molecule has 1 aromatic carbocycles. The van der Waals surface area contributed by atoms with Crippen molar-refractivity contribution in [2.24, 2.45) is 4.99 Å². The predicted octanol–water partition coefficient (Wildman–Crippen LogP) is 4.26. The van der Waals surface area contributed by atoms with Gasteiger partial charge in [-0.25, -0.2) is 0 Å². The van der Waals surface area contributed by atoms with Gasteiger partial charge in [0.05, 0.1) is 26.0 Å². The number of benzene rings is 1. The van der Waals surface area contributed by atoms with Gasteiger partial charge in [0.25, 0.3) is 0 Å². The molecule has 2 rings (SSSR count). The first-order valence-electron chi connectivity index (χ1n) is 9.91. The summed E-state index contributed by atoms with van der Waals surface area (Å²) >= 11 is 0. The molecule has 0 aliphatic rings. The lowest BCUT2D eigenvalue weighted by Gasteiger charge is -2.21. The van der Waals surface area contributed by atoms with Crippen LogP contribution in [0.4, 0.5) is 0 Å². The predicted molar refractivity (Wildman–Crippen MR) is 131 cm³/mol. The maximum absolute atomic E-state index is 5.57. The average Bonchev–Trinajstić information content (AvgIpc) is 3.22. The SMILES string of the molecule is CCNC(=NCC(c1ccco1)N(C)C)NCCC(C)c1ccc(OC)cc1.I. The molecule has 0 saturated carbocycles. The summed E-state index contributed by atoms with van der Waals surface area (Å²) in [7, 11) is 5.77. The molecule has 6 nitrogen and oxygen atoms in total. The molecule has 1 aromatic heterocycles. The number of hydrogen-bond acceptors (Lipinski definition) is 4. The van der Waals surface area contributed by atoms with Crippen molar-refractivity contribution < 1.29 is 9.15 Å². The Kier molecular flexibility index (Phi) is 11.8. The molecule has 7 heteroatoms. The van der Waals surface area contributed by atoms with E-state index in [2.05, 4.69) is 41.5 Å². The zero-order chi connectivity index (χ0) is 20.4. The Balaban J connectivity index is 0.00000420. The first-order chi connectivity index (χ1) is 13.5. The molecule has 0 amide bonds. The standard InChI is InChI=1S/C22H34N4O2.HI/c1-6-23-22(25-16-20(26(3)4)21-8-7-15-28-21)24-14-13-17(2)18-9-11-19(27-5)12-10-18;/h7-12,15,17,20H,6,13-14,16H2,1-5H3,(H2,23,24,25);1H. The molecule has 0 radical (unpaired) electrons. The maximum atomic E-state index is 5.57. The summed E-state index contributed by atoms with van der Waals surface area (Å²) in [4.78, 5) is 6.88. The average molecular weight is 514 g/mol. The van der Waals surface area contributed by atoms with Crippen LogP contribution in [0.3, 0.4) is 0 Å². The highest BCUT2D eigenvalue weighted by molar-refractivity contribution is 14.0. The first-order valence-corrected chi connectivity index (χ1v) is 9.91. The van der Waals surface area contributed by atoms with E-state index < -0.39 is 0 Å². The molecular formula is C22H35IN4O2. The fraction of sp³-hybridized carbons (Fsp3) is 0.500. The van der Waals surface area contributed by atoms with Crippen LogP contribution in [0.1, 0.15) is 43.6 Å². The Labute approximate surface area is 192 Å². The third-order valence-corrected chi connectivity index (χ3v) is 4.82. The molecule has 0 aliphatic heterocycles. The van der Waals surface area contributed by atoms with Gasteiger partial charge < -0.3 is 19.8 Å². The van der Waals surface area contributed by atoms with Gasteiger partial charge in [-0.1, -0.05) is 19.1 Å². The number of nitrogens with zero attached hydrogens (tertiary/aromatic N) is 2. The highest BCUT2D eigenvalue weighted by Crippen LogP contribution is 2.21. The molecule has 0 saturated heterocycles. The van der Waals surface area contributed by atoms with E-state index in [1.807, 2.05) is 38.4 Å². The highest BCUT2D eigenvalue weighted by atomic mass is 127. The Bertz CT molecular complexity index is 702. The third-order valence-electron chi connectivity index (χ3n) is 4.82. The van der Waals surface area contributed by atoms with E-state index in [0.717, 1.165) is 37.0 Å². The number of guanidine groups is 1. The molecule has 2 aromatic rings. The van der Waals surface area contributed by atoms with Crippen LogP contribution >= 0.6 is 24.0 Å². The second-order valence-corrected chi connectivity index (χ2v) is 7.10. The minimum absolute atomic E-state index is 0. The maximum Gasteiger partial charge on any atom is 0.191 e. The van der Waals surface area contributed by atoms with E-state index in [1.165, 1.54) is 5.56 Å². The molecule has 29 heavy (non-hydrogen) atoms. The molecular weight excluding hydrogens is 479 g/mol. The molecule has 2 atom stereocenters. The molecule has 1 heterocycles. The zero-order valence-electron chi connectivity index (χ0n) is 18.1. The second kappa shape index (κ2) is 13.5. The van der Waals surface area contributed by atoms with Crippen molar-refractivity contribution in [3.05, 3.63) is 54.0 Å². The molecule has 162 valence electrons. The molecule has 0 spiro atoms. The number of rotatable bonds is 10. The third kappa shape index (κ3) is 8.26. The van der Waals surface area contributed by atoms with Crippen LogP contribution in [0, 0.1) is 0 Å². The van der Waals surface area contributed by atoms with E-state index in [9.17, 15) is 0 Å². The lowest BCUT2D eigenvalue weighted by atomic mass is 9.98. The lowest BCUT2D eigenvalue weighted by Crippen LogP contribution is -2.38. The number of nitrogens with one attached hydrogen (secondary N) is 2. The monoisotopic (exact) mass is 514 g/mol. The van der Waals surface area contributed by atoms with E-state index in [0.29, 0.717) is 12.5 Å². The van der Waals surface area contributed by atoms with Gasteiger partial charge in [-0.15, -0.1) is 24.0 Å². The van der Waals surface area contributed by atoms with Gasteiger partial charge in [-0.2, -0.15) is 0 Å². The van der Waals surface area contributed by atoms with E-state index in [4.69, 9.17) is 14.1 Å². The van der Waals surface area contributed by atoms with Crippen LogP contribution in [0.15, 0.2) is 52.1 Å². The number of aliphatic imine (C=N–C) groups is 1. The van der Waals surface area contributed by atoms with Gasteiger partial charge in [0.1, 0.15) is 11.5 Å². The summed E-state index contributed by atoms with van der Waals surface area (Å²) in [5, 5.41) is 6.77. The van der Waals surface area contributed by atoms with Crippen LogP contribution < -0.4 is 15.4 Å². The molecule has 2 N–H and O–H groups in total. The van der Waals surface area contributed by atoms with Gasteiger partial charge in [-0.05, 0) is 63.2 Å². The molecule has 0 aliphatic carbocycles. The number of likely N-dealkylation sites (N-methyl/N-ethyl adjacent to an activating group) is 1. The Morgan fingerprint density at radius 2 is 1.90 bits per heavy atom. The van der Waals surface area contributed by atoms with Crippen molar-refractivity contribution in [3.63, 3.8) is 0 Å². The molecule has 0 fully saturated rings. The Morgan fingerprint density at radius 3 is 2.45 bits per heavy atom. The van der Waals surface area contributed by atoms with Gasteiger partial charge in [-0.3, -0.25) is 9.89 Å². The Morgan fingerprint density at radius 1 is 1.17 bits per heavy atom. The molecule has 0 bridgehead atoms. The van der Waals surface area contributed by atoms with Crippen molar-refractivity contribution in [1.29, 1.82) is 0 Å².